The van der Waals surface area contributed by atoms with Crippen LogP contribution in [0.1, 0.15) is 6.42 Å². The summed E-state index contributed by atoms with van der Waals surface area (Å²) in [6.45, 7) is 4.34. The van der Waals surface area contributed by atoms with Crippen molar-refractivity contribution in [3.8, 4) is 11.5 Å². The molecule has 0 bridgehead atoms. The molecule has 1 aliphatic rings. The summed E-state index contributed by atoms with van der Waals surface area (Å²) in [4.78, 5) is 24.5. The zero-order valence-electron chi connectivity index (χ0n) is 12.2. The molecule has 2 rings (SSSR count). The minimum Gasteiger partial charge on any atom is -0.489 e. The van der Waals surface area contributed by atoms with E-state index >= 15 is 0 Å². The lowest BCUT2D eigenvalue weighted by Gasteiger charge is -2.16. The van der Waals surface area contributed by atoms with Gasteiger partial charge in [0.2, 0.25) is 11.8 Å². The minimum absolute atomic E-state index is 0.0864. The highest BCUT2D eigenvalue weighted by Gasteiger charge is 2.17. The zero-order chi connectivity index (χ0) is 16.1. The number of likely N-dealkylation sites (N-methyl/N-ethyl adjacent to an activating group) is 1. The second-order valence-electron chi connectivity index (χ2n) is 4.78. The Morgan fingerprint density at radius 2 is 2.14 bits per heavy atom. The van der Waals surface area contributed by atoms with Gasteiger partial charge in [0.15, 0.2) is 11.5 Å². The zero-order valence-corrected chi connectivity index (χ0v) is 13.0. The number of ether oxygens (including phenoxy) is 2. The van der Waals surface area contributed by atoms with Crippen molar-refractivity contribution in [2.45, 2.75) is 6.42 Å². The van der Waals surface area contributed by atoms with Gasteiger partial charge in [-0.15, -0.1) is 0 Å². The van der Waals surface area contributed by atoms with Gasteiger partial charge >= 0.3 is 0 Å². The van der Waals surface area contributed by atoms with Gasteiger partial charge in [0.1, 0.15) is 0 Å². The summed E-state index contributed by atoms with van der Waals surface area (Å²) >= 11 is 6.15. The Morgan fingerprint density at radius 3 is 2.86 bits per heavy atom. The van der Waals surface area contributed by atoms with Crippen LogP contribution in [-0.4, -0.2) is 43.5 Å². The molecule has 0 saturated heterocycles. The number of hydrogen-bond acceptors (Lipinski definition) is 4. The fourth-order valence-corrected chi connectivity index (χ4v) is 2.22. The Balaban J connectivity index is 2.08. The number of carbonyl (C=O) groups is 2. The second kappa shape index (κ2) is 7.17. The standard InChI is InChI=1S/C15H17ClN2O4/c1-3-14(20)18(2)9-13(19)17-10-7-11(16)15-12(8-10)21-5-4-6-22-15/h3,7-8H,1,4-6,9H2,2H3,(H,17,19). The Bertz CT molecular complexity index is 603. The van der Waals surface area contributed by atoms with Gasteiger partial charge in [0.05, 0.1) is 24.8 Å². The molecular weight excluding hydrogens is 308 g/mol. The van der Waals surface area contributed by atoms with Crippen molar-refractivity contribution >= 4 is 29.1 Å². The molecule has 1 aliphatic heterocycles. The summed E-state index contributed by atoms with van der Waals surface area (Å²) in [5, 5.41) is 3.04. The number of nitrogens with one attached hydrogen (secondary N) is 1. The average Bonchev–Trinajstić information content (AvgIpc) is 2.71. The third-order valence-corrected chi connectivity index (χ3v) is 3.30. The summed E-state index contributed by atoms with van der Waals surface area (Å²) in [6, 6.07) is 3.24. The Labute approximate surface area is 133 Å². The van der Waals surface area contributed by atoms with Crippen molar-refractivity contribution in [1.29, 1.82) is 0 Å². The van der Waals surface area contributed by atoms with Gasteiger partial charge in [0.25, 0.3) is 0 Å². The largest absolute Gasteiger partial charge is 0.489 e. The van der Waals surface area contributed by atoms with Crippen molar-refractivity contribution in [1.82, 2.24) is 4.90 Å². The molecule has 6 nitrogen and oxygen atoms in total. The fraction of sp³-hybridized carbons (Fsp3) is 0.333. The molecule has 1 heterocycles. The molecule has 2 amide bonds. The van der Waals surface area contributed by atoms with Gasteiger partial charge in [-0.3, -0.25) is 9.59 Å². The summed E-state index contributed by atoms with van der Waals surface area (Å²) in [7, 11) is 1.52. The maximum atomic E-state index is 11.9. The maximum Gasteiger partial charge on any atom is 0.246 e. The van der Waals surface area contributed by atoms with Crippen LogP contribution in [0.2, 0.25) is 5.02 Å². The van der Waals surface area contributed by atoms with E-state index < -0.39 is 0 Å². The molecule has 0 spiro atoms. The lowest BCUT2D eigenvalue weighted by Crippen LogP contribution is -2.33. The molecule has 22 heavy (non-hydrogen) atoms. The summed E-state index contributed by atoms with van der Waals surface area (Å²) < 4.78 is 11.1. The highest BCUT2D eigenvalue weighted by molar-refractivity contribution is 6.32. The van der Waals surface area contributed by atoms with Gasteiger partial charge in [-0.1, -0.05) is 18.2 Å². The van der Waals surface area contributed by atoms with Gasteiger partial charge in [-0.2, -0.15) is 0 Å². The number of benzene rings is 1. The SMILES string of the molecule is C=CC(=O)N(C)CC(=O)Nc1cc(Cl)c2c(c1)OCCCO2. The van der Waals surface area contributed by atoms with Crippen LogP contribution in [0.25, 0.3) is 0 Å². The third-order valence-electron chi connectivity index (χ3n) is 3.02. The minimum atomic E-state index is -0.344. The molecule has 1 aromatic rings. The molecule has 0 radical (unpaired) electrons. The first-order valence-corrected chi connectivity index (χ1v) is 7.15. The van der Waals surface area contributed by atoms with Crippen molar-refractivity contribution in [3.05, 3.63) is 29.8 Å². The lowest BCUT2D eigenvalue weighted by atomic mass is 10.2. The van der Waals surface area contributed by atoms with Crippen LogP contribution in [0.15, 0.2) is 24.8 Å². The number of amides is 2. The Morgan fingerprint density at radius 1 is 1.41 bits per heavy atom. The lowest BCUT2D eigenvalue weighted by molar-refractivity contribution is -0.129. The molecule has 0 aromatic heterocycles. The van der Waals surface area contributed by atoms with Crippen LogP contribution < -0.4 is 14.8 Å². The molecule has 0 saturated carbocycles. The Hall–Kier alpha value is -2.21. The van der Waals surface area contributed by atoms with Gasteiger partial charge in [-0.05, 0) is 12.1 Å². The third kappa shape index (κ3) is 3.92. The number of rotatable bonds is 4. The molecule has 0 unspecified atom stereocenters. The molecule has 0 atom stereocenters. The van der Waals surface area contributed by atoms with Crippen LogP contribution in [0.5, 0.6) is 11.5 Å². The number of fused-ring (bicyclic) bond motifs is 1. The molecule has 118 valence electrons. The van der Waals surface area contributed by atoms with E-state index in [-0.39, 0.29) is 18.4 Å². The van der Waals surface area contributed by atoms with E-state index in [1.807, 2.05) is 0 Å². The van der Waals surface area contributed by atoms with Crippen molar-refractivity contribution in [2.75, 3.05) is 32.1 Å². The Kier molecular flexibility index (Phi) is 5.27. The van der Waals surface area contributed by atoms with Crippen molar-refractivity contribution in [2.24, 2.45) is 0 Å². The van der Waals surface area contributed by atoms with Crippen LogP contribution >= 0.6 is 11.6 Å². The first-order chi connectivity index (χ1) is 10.5. The van der Waals surface area contributed by atoms with E-state index in [2.05, 4.69) is 11.9 Å². The number of nitrogens with zero attached hydrogens (tertiary/aromatic N) is 1. The maximum absolute atomic E-state index is 11.9. The predicted molar refractivity (Wildman–Crippen MR) is 83.5 cm³/mol. The smallest absolute Gasteiger partial charge is 0.246 e. The highest BCUT2D eigenvalue weighted by Crippen LogP contribution is 2.39. The van der Waals surface area contributed by atoms with Crippen molar-refractivity contribution < 1.29 is 19.1 Å². The summed E-state index contributed by atoms with van der Waals surface area (Å²) in [6.07, 6.45) is 1.92. The van der Waals surface area contributed by atoms with E-state index in [9.17, 15) is 9.59 Å². The number of hydrogen-bond donors (Lipinski definition) is 1. The molecule has 1 aromatic carbocycles. The first kappa shape index (κ1) is 16.2. The number of carbonyl (C=O) groups excluding carboxylic acids is 2. The number of halogens is 1. The monoisotopic (exact) mass is 324 g/mol. The van der Waals surface area contributed by atoms with Crippen LogP contribution in [0.3, 0.4) is 0 Å². The molecular formula is C15H17ClN2O4. The normalized spacial score (nSPS) is 13.0. The average molecular weight is 325 g/mol. The van der Waals surface area contributed by atoms with Gasteiger partial charge in [-0.25, -0.2) is 0 Å². The van der Waals surface area contributed by atoms with Crippen LogP contribution in [0, 0.1) is 0 Å². The molecule has 0 aliphatic carbocycles. The van der Waals surface area contributed by atoms with Gasteiger partial charge in [0, 0.05) is 25.2 Å². The van der Waals surface area contributed by atoms with E-state index in [0.29, 0.717) is 35.4 Å². The molecule has 1 N–H and O–H groups in total. The fourth-order valence-electron chi connectivity index (χ4n) is 1.95. The van der Waals surface area contributed by atoms with E-state index in [0.717, 1.165) is 12.5 Å². The highest BCUT2D eigenvalue weighted by atomic mass is 35.5. The summed E-state index contributed by atoms with van der Waals surface area (Å²) in [5.74, 6) is 0.307. The van der Waals surface area contributed by atoms with Crippen molar-refractivity contribution in [3.63, 3.8) is 0 Å². The predicted octanol–water partition coefficient (Wildman–Crippen LogP) is 2.08. The van der Waals surface area contributed by atoms with Crippen LogP contribution in [0.4, 0.5) is 5.69 Å². The van der Waals surface area contributed by atoms with Crippen LogP contribution in [-0.2, 0) is 9.59 Å². The quantitative estimate of drug-likeness (QED) is 0.861. The second-order valence-corrected chi connectivity index (χ2v) is 5.19. The van der Waals surface area contributed by atoms with Gasteiger partial charge < -0.3 is 19.7 Å². The number of anilines is 1. The molecule has 7 heteroatoms. The van der Waals surface area contributed by atoms with E-state index in [1.165, 1.54) is 11.9 Å². The topological polar surface area (TPSA) is 67.9 Å². The van der Waals surface area contributed by atoms with E-state index in [4.69, 9.17) is 21.1 Å². The summed E-state index contributed by atoms with van der Waals surface area (Å²) in [5.41, 5.74) is 0.485. The van der Waals surface area contributed by atoms with E-state index in [1.54, 1.807) is 12.1 Å². The first-order valence-electron chi connectivity index (χ1n) is 6.78. The molecule has 0 fully saturated rings.